The zero-order valence-corrected chi connectivity index (χ0v) is 16.8. The Kier molecular flexibility index (Phi) is 6.88. The minimum atomic E-state index is -3.56. The first-order valence-electron chi connectivity index (χ1n) is 9.03. The van der Waals surface area contributed by atoms with Gasteiger partial charge >= 0.3 is 0 Å². The molecule has 1 aromatic heterocycles. The first-order chi connectivity index (χ1) is 13.5. The van der Waals surface area contributed by atoms with Crippen LogP contribution in [-0.2, 0) is 14.8 Å². The molecule has 3 rings (SSSR count). The normalized spacial score (nSPS) is 15.9. The van der Waals surface area contributed by atoms with Gasteiger partial charge in [-0.2, -0.15) is 4.31 Å². The van der Waals surface area contributed by atoms with Crippen molar-refractivity contribution in [2.24, 2.45) is 5.92 Å². The van der Waals surface area contributed by atoms with Crippen molar-refractivity contribution in [1.29, 1.82) is 0 Å². The quantitative estimate of drug-likeness (QED) is 0.690. The molecule has 9 heteroatoms. The molecule has 7 nitrogen and oxygen atoms in total. The second-order valence-corrected chi connectivity index (χ2v) is 8.83. The molecule has 0 unspecified atom stereocenters. The molecule has 2 aromatic rings. The van der Waals surface area contributed by atoms with Crippen molar-refractivity contribution >= 4 is 27.5 Å². The summed E-state index contributed by atoms with van der Waals surface area (Å²) in [5, 5.41) is 3.49. The van der Waals surface area contributed by atoms with Gasteiger partial charge in [0, 0.05) is 36.4 Å². The SMILES string of the molecule is O=C(NCCOc1ccc(Cl)cc1)C1CCN(S(=O)(=O)c2cccnc2)CC1. The Morgan fingerprint density at radius 1 is 1.21 bits per heavy atom. The number of hydrogen-bond acceptors (Lipinski definition) is 5. The van der Waals surface area contributed by atoms with Crippen molar-refractivity contribution < 1.29 is 17.9 Å². The van der Waals surface area contributed by atoms with Gasteiger partial charge in [0.2, 0.25) is 15.9 Å². The number of halogens is 1. The second kappa shape index (κ2) is 9.36. The number of amides is 1. The third-order valence-corrected chi connectivity index (χ3v) is 6.71. The van der Waals surface area contributed by atoms with E-state index in [4.69, 9.17) is 16.3 Å². The van der Waals surface area contributed by atoms with Gasteiger partial charge in [-0.1, -0.05) is 11.6 Å². The highest BCUT2D eigenvalue weighted by atomic mass is 35.5. The van der Waals surface area contributed by atoms with Gasteiger partial charge in [0.1, 0.15) is 17.3 Å². The molecule has 0 bridgehead atoms. The Morgan fingerprint density at radius 2 is 1.93 bits per heavy atom. The number of pyridine rings is 1. The van der Waals surface area contributed by atoms with Gasteiger partial charge in [-0.25, -0.2) is 8.42 Å². The van der Waals surface area contributed by atoms with Crippen LogP contribution in [-0.4, -0.2) is 49.9 Å². The summed E-state index contributed by atoms with van der Waals surface area (Å²) in [7, 11) is -3.56. The average molecular weight is 424 g/mol. The van der Waals surface area contributed by atoms with E-state index in [9.17, 15) is 13.2 Å². The van der Waals surface area contributed by atoms with E-state index in [1.54, 1.807) is 30.3 Å². The van der Waals surface area contributed by atoms with Gasteiger partial charge in [-0.15, -0.1) is 0 Å². The Bertz CT molecular complexity index is 883. The fourth-order valence-electron chi connectivity index (χ4n) is 3.03. The fourth-order valence-corrected chi connectivity index (χ4v) is 4.59. The van der Waals surface area contributed by atoms with Crippen LogP contribution >= 0.6 is 11.6 Å². The van der Waals surface area contributed by atoms with Crippen LogP contribution in [0.2, 0.25) is 5.02 Å². The predicted molar refractivity (Wildman–Crippen MR) is 106 cm³/mol. The Hall–Kier alpha value is -2.16. The van der Waals surface area contributed by atoms with E-state index in [0.717, 1.165) is 0 Å². The molecule has 150 valence electrons. The first-order valence-corrected chi connectivity index (χ1v) is 10.8. The molecule has 1 N–H and O–H groups in total. The van der Waals surface area contributed by atoms with Crippen LogP contribution < -0.4 is 10.1 Å². The van der Waals surface area contributed by atoms with Crippen molar-refractivity contribution in [1.82, 2.24) is 14.6 Å². The molecule has 0 saturated carbocycles. The largest absolute Gasteiger partial charge is 0.492 e. The molecule has 0 spiro atoms. The fraction of sp³-hybridized carbons (Fsp3) is 0.368. The number of carbonyl (C=O) groups is 1. The van der Waals surface area contributed by atoms with Gasteiger partial charge in [0.05, 0.1) is 6.54 Å². The molecule has 1 aliphatic heterocycles. The van der Waals surface area contributed by atoms with Crippen molar-refractivity contribution in [3.63, 3.8) is 0 Å². The topological polar surface area (TPSA) is 88.6 Å². The van der Waals surface area contributed by atoms with Gasteiger partial charge in [-0.05, 0) is 49.2 Å². The van der Waals surface area contributed by atoms with E-state index >= 15 is 0 Å². The molecule has 2 heterocycles. The number of piperidine rings is 1. The molecule has 1 saturated heterocycles. The lowest BCUT2D eigenvalue weighted by Gasteiger charge is -2.30. The predicted octanol–water partition coefficient (Wildman–Crippen LogP) is 2.33. The molecule has 1 aliphatic rings. The third-order valence-electron chi connectivity index (χ3n) is 4.58. The number of sulfonamides is 1. The summed E-state index contributed by atoms with van der Waals surface area (Å²) in [6.07, 6.45) is 3.85. The van der Waals surface area contributed by atoms with Crippen molar-refractivity contribution in [3.8, 4) is 5.75 Å². The second-order valence-electron chi connectivity index (χ2n) is 6.46. The summed E-state index contributed by atoms with van der Waals surface area (Å²) >= 11 is 5.82. The van der Waals surface area contributed by atoms with Crippen molar-refractivity contribution in [2.45, 2.75) is 17.7 Å². The third kappa shape index (κ3) is 5.21. The number of ether oxygens (including phenoxy) is 1. The summed E-state index contributed by atoms with van der Waals surface area (Å²) in [6, 6.07) is 10.1. The highest BCUT2D eigenvalue weighted by molar-refractivity contribution is 7.89. The monoisotopic (exact) mass is 423 g/mol. The van der Waals surface area contributed by atoms with E-state index in [1.165, 1.54) is 22.8 Å². The maximum atomic E-state index is 12.6. The summed E-state index contributed by atoms with van der Waals surface area (Å²) in [5.74, 6) is 0.418. The number of rotatable bonds is 7. The van der Waals surface area contributed by atoms with Crippen molar-refractivity contribution in [2.75, 3.05) is 26.2 Å². The van der Waals surface area contributed by atoms with E-state index in [1.807, 2.05) is 0 Å². The minimum Gasteiger partial charge on any atom is -0.492 e. The van der Waals surface area contributed by atoms with Crippen LogP contribution in [0.5, 0.6) is 5.75 Å². The standard InChI is InChI=1S/C19H22ClN3O4S/c20-16-3-5-17(6-4-16)27-13-10-22-19(24)15-7-11-23(12-8-15)28(25,26)18-2-1-9-21-14-18/h1-6,9,14-15H,7-8,10-13H2,(H,22,24). The van der Waals surface area contributed by atoms with Gasteiger partial charge in [-0.3, -0.25) is 9.78 Å². The lowest BCUT2D eigenvalue weighted by atomic mass is 9.97. The molecule has 0 radical (unpaired) electrons. The lowest BCUT2D eigenvalue weighted by Crippen LogP contribution is -2.43. The number of nitrogens with one attached hydrogen (secondary N) is 1. The van der Waals surface area contributed by atoms with E-state index < -0.39 is 10.0 Å². The highest BCUT2D eigenvalue weighted by Crippen LogP contribution is 2.23. The molecular formula is C19H22ClN3O4S. The molecule has 1 amide bonds. The van der Waals surface area contributed by atoms with Crippen LogP contribution in [0.25, 0.3) is 0 Å². The number of aromatic nitrogens is 1. The summed E-state index contributed by atoms with van der Waals surface area (Å²) in [5.41, 5.74) is 0. The maximum Gasteiger partial charge on any atom is 0.244 e. The highest BCUT2D eigenvalue weighted by Gasteiger charge is 2.32. The minimum absolute atomic E-state index is 0.0712. The van der Waals surface area contributed by atoms with Gasteiger partial charge in [0.25, 0.3) is 0 Å². The lowest BCUT2D eigenvalue weighted by molar-refractivity contribution is -0.126. The van der Waals surface area contributed by atoms with E-state index in [0.29, 0.717) is 49.9 Å². The number of hydrogen-bond donors (Lipinski definition) is 1. The van der Waals surface area contributed by atoms with Crippen LogP contribution in [0.15, 0.2) is 53.7 Å². The van der Waals surface area contributed by atoms with E-state index in [2.05, 4.69) is 10.3 Å². The zero-order chi connectivity index (χ0) is 20.0. The number of nitrogens with zero attached hydrogens (tertiary/aromatic N) is 2. The maximum absolute atomic E-state index is 12.6. The average Bonchev–Trinajstić information content (AvgIpc) is 2.73. The number of carbonyl (C=O) groups excluding carboxylic acids is 1. The van der Waals surface area contributed by atoms with Crippen LogP contribution in [0.3, 0.4) is 0 Å². The smallest absolute Gasteiger partial charge is 0.244 e. The van der Waals surface area contributed by atoms with Gasteiger partial charge in [0.15, 0.2) is 0 Å². The molecular weight excluding hydrogens is 402 g/mol. The summed E-state index contributed by atoms with van der Waals surface area (Å²) in [6.45, 7) is 1.37. The number of benzene rings is 1. The Morgan fingerprint density at radius 3 is 2.57 bits per heavy atom. The van der Waals surface area contributed by atoms with Crippen LogP contribution in [0, 0.1) is 5.92 Å². The zero-order valence-electron chi connectivity index (χ0n) is 15.3. The molecule has 1 fully saturated rings. The van der Waals surface area contributed by atoms with Gasteiger partial charge < -0.3 is 10.1 Å². The summed E-state index contributed by atoms with van der Waals surface area (Å²) in [4.78, 5) is 16.4. The Labute approximate surface area is 169 Å². The van der Waals surface area contributed by atoms with Crippen LogP contribution in [0.1, 0.15) is 12.8 Å². The van der Waals surface area contributed by atoms with Crippen LogP contribution in [0.4, 0.5) is 0 Å². The summed E-state index contributed by atoms with van der Waals surface area (Å²) < 4.78 is 32.1. The molecule has 1 aromatic carbocycles. The molecule has 0 aliphatic carbocycles. The Balaban J connectivity index is 1.42. The molecule has 0 atom stereocenters. The first kappa shape index (κ1) is 20.6. The molecule has 28 heavy (non-hydrogen) atoms. The van der Waals surface area contributed by atoms with Crippen molar-refractivity contribution in [3.05, 3.63) is 53.8 Å². The van der Waals surface area contributed by atoms with E-state index in [-0.39, 0.29) is 16.7 Å².